The minimum Gasteiger partial charge on any atom is -0.350 e. The Bertz CT molecular complexity index is 2030. The zero-order valence-electron chi connectivity index (χ0n) is 25.4. The maximum atomic E-state index is 14.3. The molecule has 0 aliphatic carbocycles. The molecule has 6 rings (SSSR count). The van der Waals surface area contributed by atoms with Crippen LogP contribution in [-0.4, -0.2) is 30.6 Å². The molecule has 1 amide bonds. The minimum absolute atomic E-state index is 0.154. The molecule has 0 saturated carbocycles. The number of anilines is 1. The smallest absolute Gasteiger partial charge is 0.273 e. The van der Waals surface area contributed by atoms with Gasteiger partial charge in [0.05, 0.1) is 24.5 Å². The number of fused-ring (bicyclic) bond motifs is 1. The summed E-state index contributed by atoms with van der Waals surface area (Å²) < 4.78 is 1.75. The van der Waals surface area contributed by atoms with Crippen LogP contribution in [0.15, 0.2) is 122 Å². The molecule has 0 fully saturated rings. The fourth-order valence-corrected chi connectivity index (χ4v) is 5.97. The first-order valence-corrected chi connectivity index (χ1v) is 15.6. The molecule has 3 aromatic carbocycles. The van der Waals surface area contributed by atoms with Gasteiger partial charge in [0.2, 0.25) is 0 Å². The van der Waals surface area contributed by atoms with Gasteiger partial charge >= 0.3 is 0 Å². The highest BCUT2D eigenvalue weighted by atomic mass is 35.5. The Labute approximate surface area is 277 Å². The van der Waals surface area contributed by atoms with Gasteiger partial charge in [-0.3, -0.25) is 9.78 Å². The van der Waals surface area contributed by atoms with Crippen LogP contribution in [0.4, 0.5) is 5.82 Å². The summed E-state index contributed by atoms with van der Waals surface area (Å²) in [5.74, 6) is 0.241. The van der Waals surface area contributed by atoms with E-state index in [-0.39, 0.29) is 11.9 Å². The van der Waals surface area contributed by atoms with Gasteiger partial charge in [0.25, 0.3) is 5.91 Å². The van der Waals surface area contributed by atoms with Crippen molar-refractivity contribution in [2.45, 2.75) is 26.4 Å². The van der Waals surface area contributed by atoms with E-state index in [4.69, 9.17) is 23.2 Å². The highest BCUT2D eigenvalue weighted by molar-refractivity contribution is 6.31. The summed E-state index contributed by atoms with van der Waals surface area (Å²) in [4.78, 5) is 23.9. The Balaban J connectivity index is 1.51. The van der Waals surface area contributed by atoms with E-state index in [0.717, 1.165) is 44.4 Å². The van der Waals surface area contributed by atoms with Crippen LogP contribution in [0.5, 0.6) is 0 Å². The molecule has 3 aromatic heterocycles. The molecule has 7 nitrogen and oxygen atoms in total. The molecule has 9 heteroatoms. The standard InChI is InChI=1S/C37H32Cl2N6O/c1-4-44(25(3)28-10-12-29(38)13-11-28)36(24(2)27-8-6-5-7-9-27)34-31-15-14-30(39)22-32(31)42-35(34)37(46)43-33-18-21-41-45(33)23-26-16-19-40-20-17-26/h4-22,25,42H,1,23H2,2-3H3,(H,43,46)/b36-24+. The van der Waals surface area contributed by atoms with E-state index in [1.807, 2.05) is 72.8 Å². The lowest BCUT2D eigenvalue weighted by Crippen LogP contribution is -2.23. The third-order valence-corrected chi connectivity index (χ3v) is 8.54. The average Bonchev–Trinajstić information content (AvgIpc) is 3.67. The molecule has 2 N–H and O–H groups in total. The largest absolute Gasteiger partial charge is 0.350 e. The van der Waals surface area contributed by atoms with Gasteiger partial charge in [-0.15, -0.1) is 0 Å². The zero-order valence-corrected chi connectivity index (χ0v) is 26.9. The number of rotatable bonds is 10. The molecule has 46 heavy (non-hydrogen) atoms. The Morgan fingerprint density at radius 3 is 2.41 bits per heavy atom. The maximum absolute atomic E-state index is 14.3. The van der Waals surface area contributed by atoms with Crippen molar-refractivity contribution in [2.24, 2.45) is 0 Å². The van der Waals surface area contributed by atoms with Crippen molar-refractivity contribution >= 4 is 57.1 Å². The number of pyridine rings is 1. The number of allylic oxidation sites excluding steroid dienone is 1. The monoisotopic (exact) mass is 646 g/mol. The lowest BCUT2D eigenvalue weighted by molar-refractivity contribution is 0.102. The average molecular weight is 648 g/mol. The van der Waals surface area contributed by atoms with Crippen LogP contribution in [0, 0.1) is 0 Å². The molecule has 230 valence electrons. The number of hydrogen-bond donors (Lipinski definition) is 2. The summed E-state index contributed by atoms with van der Waals surface area (Å²) in [6.45, 7) is 8.87. The van der Waals surface area contributed by atoms with Gasteiger partial charge < -0.3 is 15.2 Å². The Hall–Kier alpha value is -5.11. The molecule has 0 aliphatic heterocycles. The van der Waals surface area contributed by atoms with Crippen LogP contribution in [-0.2, 0) is 6.54 Å². The molecular formula is C37H32Cl2N6O. The summed E-state index contributed by atoms with van der Waals surface area (Å²) in [7, 11) is 0. The molecule has 0 radical (unpaired) electrons. The number of nitrogens with zero attached hydrogens (tertiary/aromatic N) is 4. The molecule has 0 aliphatic rings. The van der Waals surface area contributed by atoms with Crippen molar-refractivity contribution in [2.75, 3.05) is 5.32 Å². The quantitative estimate of drug-likeness (QED) is 0.155. The molecule has 1 atom stereocenters. The normalized spacial score (nSPS) is 12.4. The van der Waals surface area contributed by atoms with E-state index in [9.17, 15) is 4.79 Å². The number of nitrogens with one attached hydrogen (secondary N) is 2. The maximum Gasteiger partial charge on any atom is 0.273 e. The molecular weight excluding hydrogens is 615 g/mol. The van der Waals surface area contributed by atoms with Crippen LogP contribution >= 0.6 is 23.2 Å². The van der Waals surface area contributed by atoms with Gasteiger partial charge in [-0.1, -0.05) is 78.3 Å². The van der Waals surface area contributed by atoms with Crippen molar-refractivity contribution in [3.8, 4) is 0 Å². The van der Waals surface area contributed by atoms with E-state index in [1.165, 1.54) is 0 Å². The number of H-pyrrole nitrogens is 1. The van der Waals surface area contributed by atoms with Crippen LogP contribution in [0.1, 0.15) is 52.6 Å². The number of carbonyl (C=O) groups is 1. The number of halogens is 2. The third kappa shape index (κ3) is 6.33. The molecule has 1 unspecified atom stereocenters. The second-order valence-corrected chi connectivity index (χ2v) is 11.8. The fourth-order valence-electron chi connectivity index (χ4n) is 5.67. The third-order valence-electron chi connectivity index (χ3n) is 8.05. The summed E-state index contributed by atoms with van der Waals surface area (Å²) in [6, 6.07) is 29.0. The molecule has 3 heterocycles. The summed E-state index contributed by atoms with van der Waals surface area (Å²) >= 11 is 12.7. The van der Waals surface area contributed by atoms with E-state index in [0.29, 0.717) is 28.1 Å². The lowest BCUT2D eigenvalue weighted by atomic mass is 9.95. The summed E-state index contributed by atoms with van der Waals surface area (Å²) in [5.41, 5.74) is 6.70. The van der Waals surface area contributed by atoms with Gasteiger partial charge in [-0.25, -0.2) is 4.68 Å². The van der Waals surface area contributed by atoms with Crippen LogP contribution in [0.3, 0.4) is 0 Å². The number of benzene rings is 3. The number of amides is 1. The Morgan fingerprint density at radius 2 is 1.70 bits per heavy atom. The zero-order chi connectivity index (χ0) is 32.2. The fraction of sp³-hybridized carbons (Fsp3) is 0.108. The van der Waals surface area contributed by atoms with Gasteiger partial charge in [-0.05, 0) is 78.7 Å². The van der Waals surface area contributed by atoms with Crippen molar-refractivity contribution in [1.29, 1.82) is 0 Å². The minimum atomic E-state index is -0.319. The Kier molecular flexibility index (Phi) is 9.06. The molecule has 0 saturated heterocycles. The first kappa shape index (κ1) is 30.9. The van der Waals surface area contributed by atoms with Gasteiger partial charge in [0, 0.05) is 45.0 Å². The lowest BCUT2D eigenvalue weighted by Gasteiger charge is -2.32. The second-order valence-electron chi connectivity index (χ2n) is 10.9. The first-order chi connectivity index (χ1) is 22.3. The number of aromatic amines is 1. The summed E-state index contributed by atoms with van der Waals surface area (Å²) in [6.07, 6.45) is 6.94. The van der Waals surface area contributed by atoms with E-state index < -0.39 is 0 Å². The highest BCUT2D eigenvalue weighted by Crippen LogP contribution is 2.41. The van der Waals surface area contributed by atoms with Crippen molar-refractivity contribution < 1.29 is 4.79 Å². The topological polar surface area (TPSA) is 78.8 Å². The second kappa shape index (κ2) is 13.5. The SMILES string of the molecule is C=CN(/C(=C(\C)c1ccccc1)c1c(C(=O)Nc2ccnn2Cc2ccncc2)[nH]c2cc(Cl)ccc12)C(C)c1ccc(Cl)cc1. The van der Waals surface area contributed by atoms with Gasteiger partial charge in [0.1, 0.15) is 11.5 Å². The first-order valence-electron chi connectivity index (χ1n) is 14.8. The van der Waals surface area contributed by atoms with E-state index >= 15 is 0 Å². The van der Waals surface area contributed by atoms with Crippen molar-refractivity contribution in [3.05, 3.63) is 160 Å². The molecule has 0 spiro atoms. The number of hydrogen-bond acceptors (Lipinski definition) is 4. The highest BCUT2D eigenvalue weighted by Gasteiger charge is 2.29. The van der Waals surface area contributed by atoms with Gasteiger partial charge in [0.15, 0.2) is 0 Å². The van der Waals surface area contributed by atoms with Gasteiger partial charge in [-0.2, -0.15) is 5.10 Å². The van der Waals surface area contributed by atoms with Crippen LogP contribution < -0.4 is 5.32 Å². The van der Waals surface area contributed by atoms with E-state index in [1.54, 1.807) is 35.5 Å². The predicted molar refractivity (Wildman–Crippen MR) is 188 cm³/mol. The summed E-state index contributed by atoms with van der Waals surface area (Å²) in [5, 5.41) is 9.62. The molecule has 6 aromatic rings. The van der Waals surface area contributed by atoms with Crippen LogP contribution in [0.2, 0.25) is 10.0 Å². The number of aromatic nitrogens is 4. The van der Waals surface area contributed by atoms with Crippen molar-refractivity contribution in [3.63, 3.8) is 0 Å². The van der Waals surface area contributed by atoms with E-state index in [2.05, 4.69) is 57.8 Å². The Morgan fingerprint density at radius 1 is 0.978 bits per heavy atom. The van der Waals surface area contributed by atoms with Crippen molar-refractivity contribution in [1.82, 2.24) is 24.6 Å². The predicted octanol–water partition coefficient (Wildman–Crippen LogP) is 9.46. The van der Waals surface area contributed by atoms with Crippen LogP contribution in [0.25, 0.3) is 22.2 Å². The molecule has 0 bridgehead atoms. The number of carbonyl (C=O) groups excluding carboxylic acids is 1.